The Morgan fingerprint density at radius 3 is 2.53 bits per heavy atom. The van der Waals surface area contributed by atoms with E-state index in [0.717, 1.165) is 5.56 Å². The predicted octanol–water partition coefficient (Wildman–Crippen LogP) is 0.794. The Morgan fingerprint density at radius 1 is 1.41 bits per heavy atom. The minimum absolute atomic E-state index is 0.160. The largest absolute Gasteiger partial charge is 0.495 e. The van der Waals surface area contributed by atoms with Crippen LogP contribution in [0.2, 0.25) is 0 Å². The van der Waals surface area contributed by atoms with E-state index < -0.39 is 10.0 Å². The van der Waals surface area contributed by atoms with Crippen molar-refractivity contribution in [2.45, 2.75) is 18.4 Å². The highest BCUT2D eigenvalue weighted by Gasteiger charge is 2.23. The van der Waals surface area contributed by atoms with Crippen LogP contribution in [0.4, 0.5) is 0 Å². The van der Waals surface area contributed by atoms with Crippen molar-refractivity contribution in [2.24, 2.45) is 5.73 Å². The number of sulfonamides is 1. The first-order valence-corrected chi connectivity index (χ1v) is 6.74. The van der Waals surface area contributed by atoms with E-state index in [-0.39, 0.29) is 4.90 Å². The quantitative estimate of drug-likeness (QED) is 0.847. The molecule has 0 fully saturated rings. The third kappa shape index (κ3) is 2.77. The number of nitrogens with two attached hydrogens (primary N) is 1. The van der Waals surface area contributed by atoms with Crippen molar-refractivity contribution in [1.29, 1.82) is 0 Å². The molecule has 0 radical (unpaired) electrons. The summed E-state index contributed by atoms with van der Waals surface area (Å²) in [6, 6.07) is 4.93. The molecule has 0 heterocycles. The number of nitrogens with zero attached hydrogens (tertiary/aromatic N) is 1. The maximum atomic E-state index is 12.2. The molecule has 6 heteroatoms. The van der Waals surface area contributed by atoms with Crippen LogP contribution in [0, 0.1) is 0 Å². The first-order valence-electron chi connectivity index (χ1n) is 5.30. The van der Waals surface area contributed by atoms with Gasteiger partial charge in [-0.2, -0.15) is 0 Å². The number of rotatable bonds is 5. The smallest absolute Gasteiger partial charge is 0.246 e. The molecule has 0 bridgehead atoms. The fourth-order valence-corrected chi connectivity index (χ4v) is 2.77. The Balaban J connectivity index is 3.37. The van der Waals surface area contributed by atoms with Crippen LogP contribution in [0.1, 0.15) is 12.5 Å². The molecular weight excluding hydrogens is 240 g/mol. The highest BCUT2D eigenvalue weighted by Crippen LogP contribution is 2.27. The molecular formula is C11H18N2O3S. The van der Waals surface area contributed by atoms with E-state index in [4.69, 9.17) is 10.5 Å². The lowest BCUT2D eigenvalue weighted by Gasteiger charge is -2.17. The van der Waals surface area contributed by atoms with Crippen LogP contribution in [0.5, 0.6) is 5.75 Å². The summed E-state index contributed by atoms with van der Waals surface area (Å²) in [7, 11) is -0.533. The first kappa shape index (κ1) is 14.0. The Bertz CT molecular complexity index is 485. The van der Waals surface area contributed by atoms with Crippen molar-refractivity contribution < 1.29 is 13.2 Å². The van der Waals surface area contributed by atoms with Gasteiger partial charge in [-0.25, -0.2) is 12.7 Å². The van der Waals surface area contributed by atoms with Gasteiger partial charge in [-0.1, -0.05) is 13.0 Å². The van der Waals surface area contributed by atoms with Crippen LogP contribution in [-0.2, 0) is 16.6 Å². The molecule has 0 aromatic heterocycles. The molecule has 1 rings (SSSR count). The lowest BCUT2D eigenvalue weighted by atomic mass is 10.2. The summed E-state index contributed by atoms with van der Waals surface area (Å²) < 4.78 is 30.8. The van der Waals surface area contributed by atoms with Crippen molar-refractivity contribution in [3.05, 3.63) is 23.8 Å². The van der Waals surface area contributed by atoms with Gasteiger partial charge in [-0.3, -0.25) is 0 Å². The molecule has 0 aliphatic heterocycles. The van der Waals surface area contributed by atoms with E-state index in [0.29, 0.717) is 18.8 Å². The van der Waals surface area contributed by atoms with Crippen LogP contribution in [0.25, 0.3) is 0 Å². The summed E-state index contributed by atoms with van der Waals surface area (Å²) in [5, 5.41) is 0. The summed E-state index contributed by atoms with van der Waals surface area (Å²) in [4.78, 5) is 0.160. The molecule has 0 saturated heterocycles. The van der Waals surface area contributed by atoms with Gasteiger partial charge < -0.3 is 10.5 Å². The Hall–Kier alpha value is -1.11. The molecule has 0 atom stereocenters. The molecule has 1 aromatic rings. The fraction of sp³-hybridized carbons (Fsp3) is 0.455. The second-order valence-corrected chi connectivity index (χ2v) is 5.62. The fourth-order valence-electron chi connectivity index (χ4n) is 1.39. The molecule has 0 aliphatic rings. The van der Waals surface area contributed by atoms with Gasteiger partial charge in [0.2, 0.25) is 10.0 Å². The van der Waals surface area contributed by atoms with Crippen molar-refractivity contribution in [2.75, 3.05) is 20.7 Å². The number of benzene rings is 1. The molecule has 17 heavy (non-hydrogen) atoms. The second kappa shape index (κ2) is 5.48. The molecule has 0 unspecified atom stereocenters. The van der Waals surface area contributed by atoms with E-state index in [2.05, 4.69) is 0 Å². The third-order valence-electron chi connectivity index (χ3n) is 2.60. The van der Waals surface area contributed by atoms with Crippen molar-refractivity contribution in [3.8, 4) is 5.75 Å². The van der Waals surface area contributed by atoms with Crippen LogP contribution in [0.3, 0.4) is 0 Å². The molecule has 2 N–H and O–H groups in total. The van der Waals surface area contributed by atoms with Gasteiger partial charge in [0.05, 0.1) is 7.11 Å². The Labute approximate surface area is 102 Å². The maximum absolute atomic E-state index is 12.2. The van der Waals surface area contributed by atoms with Gasteiger partial charge in [-0.05, 0) is 17.7 Å². The minimum atomic E-state index is -3.51. The molecule has 5 nitrogen and oxygen atoms in total. The lowest BCUT2D eigenvalue weighted by molar-refractivity contribution is 0.398. The summed E-state index contributed by atoms with van der Waals surface area (Å²) in [6.07, 6.45) is 0. The molecule has 0 spiro atoms. The normalized spacial score (nSPS) is 11.8. The van der Waals surface area contributed by atoms with E-state index >= 15 is 0 Å². The third-order valence-corrected chi connectivity index (χ3v) is 4.55. The van der Waals surface area contributed by atoms with E-state index in [1.54, 1.807) is 25.1 Å². The standard InChI is InChI=1S/C11H18N2O3S/c1-4-13(2)17(14,15)11-7-9(8-12)5-6-10(11)16-3/h5-7H,4,8,12H2,1-3H3. The van der Waals surface area contributed by atoms with Crippen LogP contribution < -0.4 is 10.5 Å². The number of hydrogen-bond donors (Lipinski definition) is 1. The average molecular weight is 258 g/mol. The van der Waals surface area contributed by atoms with Crippen molar-refractivity contribution in [3.63, 3.8) is 0 Å². The van der Waals surface area contributed by atoms with E-state index in [1.807, 2.05) is 0 Å². The molecule has 0 amide bonds. The van der Waals surface area contributed by atoms with Crippen molar-refractivity contribution in [1.82, 2.24) is 4.31 Å². The van der Waals surface area contributed by atoms with Crippen molar-refractivity contribution >= 4 is 10.0 Å². The molecule has 1 aromatic carbocycles. The highest BCUT2D eigenvalue weighted by molar-refractivity contribution is 7.89. The molecule has 0 aliphatic carbocycles. The predicted molar refractivity (Wildman–Crippen MR) is 66.4 cm³/mol. The van der Waals surface area contributed by atoms with Crippen LogP contribution in [-0.4, -0.2) is 33.4 Å². The lowest BCUT2D eigenvalue weighted by Crippen LogP contribution is -2.27. The second-order valence-electron chi connectivity index (χ2n) is 3.61. The van der Waals surface area contributed by atoms with E-state index in [1.165, 1.54) is 18.5 Å². The molecule has 0 saturated carbocycles. The first-order chi connectivity index (χ1) is 7.97. The zero-order valence-electron chi connectivity index (χ0n) is 10.3. The molecule has 96 valence electrons. The number of ether oxygens (including phenoxy) is 1. The van der Waals surface area contributed by atoms with Gasteiger partial charge in [-0.15, -0.1) is 0 Å². The van der Waals surface area contributed by atoms with Gasteiger partial charge in [0.1, 0.15) is 10.6 Å². The van der Waals surface area contributed by atoms with Gasteiger partial charge in [0.25, 0.3) is 0 Å². The van der Waals surface area contributed by atoms with E-state index in [9.17, 15) is 8.42 Å². The van der Waals surface area contributed by atoms with Gasteiger partial charge in [0, 0.05) is 20.1 Å². The zero-order chi connectivity index (χ0) is 13.1. The van der Waals surface area contributed by atoms with Crippen LogP contribution in [0.15, 0.2) is 23.1 Å². The van der Waals surface area contributed by atoms with Gasteiger partial charge >= 0.3 is 0 Å². The minimum Gasteiger partial charge on any atom is -0.495 e. The maximum Gasteiger partial charge on any atom is 0.246 e. The summed E-state index contributed by atoms with van der Waals surface area (Å²) in [5.74, 6) is 0.336. The summed E-state index contributed by atoms with van der Waals surface area (Å²) in [6.45, 7) is 2.47. The zero-order valence-corrected chi connectivity index (χ0v) is 11.1. The summed E-state index contributed by atoms with van der Waals surface area (Å²) >= 11 is 0. The van der Waals surface area contributed by atoms with Crippen LogP contribution >= 0.6 is 0 Å². The SMILES string of the molecule is CCN(C)S(=O)(=O)c1cc(CN)ccc1OC. The topological polar surface area (TPSA) is 72.6 Å². The monoisotopic (exact) mass is 258 g/mol. The number of methoxy groups -OCH3 is 1. The number of hydrogen-bond acceptors (Lipinski definition) is 4. The average Bonchev–Trinajstić information content (AvgIpc) is 2.36. The van der Waals surface area contributed by atoms with Gasteiger partial charge in [0.15, 0.2) is 0 Å². The Morgan fingerprint density at radius 2 is 2.06 bits per heavy atom. The highest BCUT2D eigenvalue weighted by atomic mass is 32.2. The Kier molecular flexibility index (Phi) is 4.50. The summed E-state index contributed by atoms with van der Waals surface area (Å²) in [5.41, 5.74) is 6.27.